The number of fused-ring (bicyclic) bond motifs is 1. The summed E-state index contributed by atoms with van der Waals surface area (Å²) in [6.07, 6.45) is 0. The normalized spacial score (nSPS) is 10.8. The van der Waals surface area contributed by atoms with Crippen LogP contribution in [0.15, 0.2) is 52.9 Å². The molecule has 0 saturated heterocycles. The Morgan fingerprint density at radius 1 is 1.05 bits per heavy atom. The quantitative estimate of drug-likeness (QED) is 0.633. The van der Waals surface area contributed by atoms with Crippen LogP contribution in [-0.4, -0.2) is 5.78 Å². The zero-order valence-electron chi connectivity index (χ0n) is 10.3. The summed E-state index contributed by atoms with van der Waals surface area (Å²) in [4.78, 5) is 11.3. The molecule has 0 aliphatic heterocycles. The van der Waals surface area contributed by atoms with Crippen molar-refractivity contribution in [1.29, 1.82) is 0 Å². The standard InChI is InChI=1S/C16H11FO2/c1-10(18)16-9-13-7-12(5-6-15(13)19-16)11-3-2-4-14(17)8-11/h2-9H,1H3. The van der Waals surface area contributed by atoms with Gasteiger partial charge in [0.15, 0.2) is 11.5 Å². The lowest BCUT2D eigenvalue weighted by Crippen LogP contribution is -1.85. The number of rotatable bonds is 2. The second-order valence-electron chi connectivity index (χ2n) is 4.43. The molecular formula is C16H11FO2. The van der Waals surface area contributed by atoms with Gasteiger partial charge in [-0.2, -0.15) is 0 Å². The average Bonchev–Trinajstić information content (AvgIpc) is 2.81. The van der Waals surface area contributed by atoms with Gasteiger partial charge in [-0.3, -0.25) is 4.79 Å². The SMILES string of the molecule is CC(=O)c1cc2cc(-c3cccc(F)c3)ccc2o1. The van der Waals surface area contributed by atoms with Crippen molar-refractivity contribution in [3.05, 3.63) is 60.1 Å². The van der Waals surface area contributed by atoms with Gasteiger partial charge in [0, 0.05) is 12.3 Å². The Hall–Kier alpha value is -2.42. The molecule has 0 bridgehead atoms. The number of carbonyl (C=O) groups is 1. The number of furan rings is 1. The number of halogens is 1. The third-order valence-electron chi connectivity index (χ3n) is 3.02. The lowest BCUT2D eigenvalue weighted by molar-refractivity contribution is 0.0989. The highest BCUT2D eigenvalue weighted by atomic mass is 19.1. The molecule has 3 rings (SSSR count). The topological polar surface area (TPSA) is 30.2 Å². The molecule has 0 unspecified atom stereocenters. The maximum Gasteiger partial charge on any atom is 0.194 e. The highest BCUT2D eigenvalue weighted by Crippen LogP contribution is 2.27. The van der Waals surface area contributed by atoms with Crippen molar-refractivity contribution < 1.29 is 13.6 Å². The second-order valence-corrected chi connectivity index (χ2v) is 4.43. The molecule has 0 spiro atoms. The molecule has 0 atom stereocenters. The largest absolute Gasteiger partial charge is 0.453 e. The molecule has 94 valence electrons. The van der Waals surface area contributed by atoms with Gasteiger partial charge in [-0.05, 0) is 41.5 Å². The van der Waals surface area contributed by atoms with Gasteiger partial charge in [-0.1, -0.05) is 18.2 Å². The van der Waals surface area contributed by atoms with Gasteiger partial charge in [0.2, 0.25) is 0 Å². The Labute approximate surface area is 109 Å². The molecule has 19 heavy (non-hydrogen) atoms. The molecule has 3 aromatic rings. The molecule has 0 radical (unpaired) electrons. The first-order valence-corrected chi connectivity index (χ1v) is 5.94. The smallest absolute Gasteiger partial charge is 0.194 e. The molecule has 0 aliphatic carbocycles. The van der Waals surface area contributed by atoms with E-state index in [1.807, 2.05) is 18.2 Å². The number of benzene rings is 2. The summed E-state index contributed by atoms with van der Waals surface area (Å²) in [6.45, 7) is 1.46. The fourth-order valence-corrected chi connectivity index (χ4v) is 2.06. The van der Waals surface area contributed by atoms with E-state index in [1.54, 1.807) is 18.2 Å². The number of hydrogen-bond donors (Lipinski definition) is 0. The van der Waals surface area contributed by atoms with Crippen LogP contribution in [0.5, 0.6) is 0 Å². The van der Waals surface area contributed by atoms with Crippen LogP contribution in [0.3, 0.4) is 0 Å². The maximum atomic E-state index is 13.2. The van der Waals surface area contributed by atoms with Gasteiger partial charge in [0.05, 0.1) is 0 Å². The number of Topliss-reactive ketones (excluding diaryl/α,β-unsaturated/α-hetero) is 1. The van der Waals surface area contributed by atoms with E-state index in [-0.39, 0.29) is 11.6 Å². The van der Waals surface area contributed by atoms with E-state index < -0.39 is 0 Å². The van der Waals surface area contributed by atoms with Gasteiger partial charge in [-0.15, -0.1) is 0 Å². The van der Waals surface area contributed by atoms with Crippen LogP contribution in [-0.2, 0) is 0 Å². The van der Waals surface area contributed by atoms with E-state index >= 15 is 0 Å². The summed E-state index contributed by atoms with van der Waals surface area (Å²) >= 11 is 0. The van der Waals surface area contributed by atoms with E-state index in [2.05, 4.69) is 0 Å². The lowest BCUT2D eigenvalue weighted by Gasteiger charge is -2.01. The summed E-state index contributed by atoms with van der Waals surface area (Å²) in [7, 11) is 0. The molecular weight excluding hydrogens is 243 g/mol. The van der Waals surface area contributed by atoms with Crippen LogP contribution in [0.2, 0.25) is 0 Å². The molecule has 0 fully saturated rings. The van der Waals surface area contributed by atoms with Crippen molar-refractivity contribution in [3.63, 3.8) is 0 Å². The average molecular weight is 254 g/mol. The van der Waals surface area contributed by atoms with E-state index in [9.17, 15) is 9.18 Å². The van der Waals surface area contributed by atoms with Crippen molar-refractivity contribution in [3.8, 4) is 11.1 Å². The Balaban J connectivity index is 2.13. The minimum absolute atomic E-state index is 0.108. The minimum Gasteiger partial charge on any atom is -0.453 e. The summed E-state index contributed by atoms with van der Waals surface area (Å²) in [6, 6.07) is 13.6. The molecule has 0 amide bonds. The molecule has 2 nitrogen and oxygen atoms in total. The van der Waals surface area contributed by atoms with Crippen LogP contribution in [0.1, 0.15) is 17.5 Å². The molecule has 2 aromatic carbocycles. The van der Waals surface area contributed by atoms with E-state index in [0.29, 0.717) is 11.3 Å². The third kappa shape index (κ3) is 2.15. The maximum absolute atomic E-state index is 13.2. The fraction of sp³-hybridized carbons (Fsp3) is 0.0625. The Morgan fingerprint density at radius 3 is 2.58 bits per heavy atom. The first-order chi connectivity index (χ1) is 9.13. The van der Waals surface area contributed by atoms with Gasteiger partial charge in [0.25, 0.3) is 0 Å². The van der Waals surface area contributed by atoms with Gasteiger partial charge in [-0.25, -0.2) is 4.39 Å². The van der Waals surface area contributed by atoms with Crippen LogP contribution in [0, 0.1) is 5.82 Å². The van der Waals surface area contributed by atoms with Crippen LogP contribution < -0.4 is 0 Å². The summed E-state index contributed by atoms with van der Waals surface area (Å²) in [5.74, 6) is -0.0379. The van der Waals surface area contributed by atoms with Crippen molar-refractivity contribution in [2.24, 2.45) is 0 Å². The molecule has 3 heteroatoms. The van der Waals surface area contributed by atoms with Gasteiger partial charge >= 0.3 is 0 Å². The van der Waals surface area contributed by atoms with Crippen LogP contribution in [0.25, 0.3) is 22.1 Å². The van der Waals surface area contributed by atoms with Gasteiger partial charge < -0.3 is 4.42 Å². The third-order valence-corrected chi connectivity index (χ3v) is 3.02. The van der Waals surface area contributed by atoms with E-state index in [1.165, 1.54) is 19.1 Å². The van der Waals surface area contributed by atoms with Crippen LogP contribution >= 0.6 is 0 Å². The fourth-order valence-electron chi connectivity index (χ4n) is 2.06. The Morgan fingerprint density at radius 2 is 1.84 bits per heavy atom. The number of ketones is 1. The molecule has 1 aromatic heterocycles. The summed E-state index contributed by atoms with van der Waals surface area (Å²) in [5.41, 5.74) is 2.35. The lowest BCUT2D eigenvalue weighted by atomic mass is 10.0. The Kier molecular flexibility index (Phi) is 2.67. The van der Waals surface area contributed by atoms with E-state index in [4.69, 9.17) is 4.42 Å². The van der Waals surface area contributed by atoms with Crippen molar-refractivity contribution >= 4 is 16.8 Å². The first-order valence-electron chi connectivity index (χ1n) is 5.94. The molecule has 0 aliphatic rings. The molecule has 0 N–H and O–H groups in total. The monoisotopic (exact) mass is 254 g/mol. The highest BCUT2D eigenvalue weighted by Gasteiger charge is 2.09. The predicted molar refractivity (Wildman–Crippen MR) is 71.6 cm³/mol. The first kappa shape index (κ1) is 11.7. The Bertz CT molecular complexity index is 771. The zero-order chi connectivity index (χ0) is 13.4. The van der Waals surface area contributed by atoms with Gasteiger partial charge in [0.1, 0.15) is 11.4 Å². The predicted octanol–water partition coefficient (Wildman–Crippen LogP) is 4.44. The minimum atomic E-state index is -0.269. The second kappa shape index (κ2) is 4.35. The summed E-state index contributed by atoms with van der Waals surface area (Å²) in [5, 5.41) is 0.840. The number of carbonyl (C=O) groups excluding carboxylic acids is 1. The van der Waals surface area contributed by atoms with Crippen molar-refractivity contribution in [2.45, 2.75) is 6.92 Å². The number of hydrogen-bond acceptors (Lipinski definition) is 2. The zero-order valence-corrected chi connectivity index (χ0v) is 10.3. The van der Waals surface area contributed by atoms with Crippen molar-refractivity contribution in [1.82, 2.24) is 0 Å². The highest BCUT2D eigenvalue weighted by molar-refractivity contribution is 5.96. The van der Waals surface area contributed by atoms with E-state index in [0.717, 1.165) is 16.5 Å². The molecule has 0 saturated carbocycles. The van der Waals surface area contributed by atoms with Crippen molar-refractivity contribution in [2.75, 3.05) is 0 Å². The van der Waals surface area contributed by atoms with Crippen LogP contribution in [0.4, 0.5) is 4.39 Å². The molecule has 1 heterocycles. The summed E-state index contributed by atoms with van der Waals surface area (Å²) < 4.78 is 18.6.